The third-order valence-corrected chi connectivity index (χ3v) is 4.63. The number of thiocarbonyl (C=S) groups is 1. The van der Waals surface area contributed by atoms with E-state index in [-0.39, 0.29) is 23.4 Å². The van der Waals surface area contributed by atoms with Gasteiger partial charge in [0.25, 0.3) is 0 Å². The lowest BCUT2D eigenvalue weighted by atomic mass is 9.73. The summed E-state index contributed by atoms with van der Waals surface area (Å²) in [5.41, 5.74) is -0.210. The van der Waals surface area contributed by atoms with Crippen LogP contribution in [0.25, 0.3) is 0 Å². The van der Waals surface area contributed by atoms with Crippen molar-refractivity contribution < 1.29 is 14.3 Å². The molecule has 3 nitrogen and oxygen atoms in total. The van der Waals surface area contributed by atoms with Crippen molar-refractivity contribution in [2.45, 2.75) is 39.5 Å². The lowest BCUT2D eigenvalue weighted by molar-refractivity contribution is -0.133. The summed E-state index contributed by atoms with van der Waals surface area (Å²) in [6.45, 7) is 4.47. The molecule has 1 aliphatic rings. The van der Waals surface area contributed by atoms with Gasteiger partial charge in [-0.05, 0) is 31.0 Å². The molecule has 0 atom stereocenters. The number of carbonyl (C=O) groups excluding carboxylic acids is 2. The molecule has 1 saturated carbocycles. The maximum atomic E-state index is 11.5. The van der Waals surface area contributed by atoms with E-state index in [0.717, 1.165) is 6.42 Å². The van der Waals surface area contributed by atoms with Crippen LogP contribution in [0.5, 0.6) is 0 Å². The van der Waals surface area contributed by atoms with Gasteiger partial charge in [-0.25, -0.2) is 0 Å². The summed E-state index contributed by atoms with van der Waals surface area (Å²) in [4.78, 5) is 23.0. The van der Waals surface area contributed by atoms with Crippen LogP contribution in [0, 0.1) is 5.41 Å². The summed E-state index contributed by atoms with van der Waals surface area (Å²) in [5, 5.41) is 0. The van der Waals surface area contributed by atoms with Gasteiger partial charge in [-0.2, -0.15) is 0 Å². The number of rotatable bonds is 4. The molecule has 0 radical (unpaired) electrons. The topological polar surface area (TPSA) is 43.4 Å². The molecule has 0 saturated heterocycles. The Morgan fingerprint density at radius 2 is 1.94 bits per heavy atom. The van der Waals surface area contributed by atoms with Gasteiger partial charge in [0, 0.05) is 18.6 Å². The van der Waals surface area contributed by atoms with Crippen LogP contribution in [-0.2, 0) is 14.3 Å². The predicted octanol–water partition coefficient (Wildman–Crippen LogP) is 2.76. The van der Waals surface area contributed by atoms with Crippen LogP contribution in [0.4, 0.5) is 0 Å². The summed E-state index contributed by atoms with van der Waals surface area (Å²) in [6, 6.07) is 0. The van der Waals surface area contributed by atoms with E-state index in [9.17, 15) is 9.59 Å². The van der Waals surface area contributed by atoms with Crippen LogP contribution in [0.15, 0.2) is 0 Å². The fourth-order valence-electron chi connectivity index (χ4n) is 2.07. The molecule has 0 aromatic rings. The second-order valence-electron chi connectivity index (χ2n) is 4.43. The predicted molar refractivity (Wildman–Crippen MR) is 73.3 cm³/mol. The third kappa shape index (κ3) is 4.39. The van der Waals surface area contributed by atoms with E-state index in [0.29, 0.717) is 29.6 Å². The minimum absolute atomic E-state index is 0.0611. The Kier molecular flexibility index (Phi) is 5.59. The molecule has 0 heterocycles. The highest BCUT2D eigenvalue weighted by Crippen LogP contribution is 2.39. The zero-order valence-corrected chi connectivity index (χ0v) is 11.9. The first-order valence-corrected chi connectivity index (χ1v) is 7.23. The first-order chi connectivity index (χ1) is 8.01. The molecule has 0 bridgehead atoms. The van der Waals surface area contributed by atoms with E-state index in [1.54, 1.807) is 0 Å². The smallest absolute Gasteiger partial charge is 0.219 e. The second kappa shape index (κ2) is 6.50. The van der Waals surface area contributed by atoms with E-state index in [2.05, 4.69) is 0 Å². The van der Waals surface area contributed by atoms with Crippen LogP contribution in [0.3, 0.4) is 0 Å². The van der Waals surface area contributed by atoms with Gasteiger partial charge >= 0.3 is 0 Å². The fourth-order valence-corrected chi connectivity index (χ4v) is 3.40. The molecule has 0 N–H and O–H groups in total. The molecule has 1 aliphatic carbocycles. The molecule has 17 heavy (non-hydrogen) atoms. The van der Waals surface area contributed by atoms with Crippen LogP contribution in [0.1, 0.15) is 39.5 Å². The van der Waals surface area contributed by atoms with Gasteiger partial charge in [0.2, 0.25) is 4.38 Å². The van der Waals surface area contributed by atoms with Crippen molar-refractivity contribution in [3.63, 3.8) is 0 Å². The van der Waals surface area contributed by atoms with E-state index < -0.39 is 0 Å². The monoisotopic (exact) mass is 274 g/mol. The Morgan fingerprint density at radius 3 is 2.41 bits per heavy atom. The highest BCUT2D eigenvalue weighted by Gasteiger charge is 2.38. The van der Waals surface area contributed by atoms with Crippen LogP contribution in [-0.4, -0.2) is 28.3 Å². The minimum Gasteiger partial charge on any atom is -0.479 e. The van der Waals surface area contributed by atoms with Gasteiger partial charge in [-0.3, -0.25) is 9.59 Å². The van der Waals surface area contributed by atoms with Crippen LogP contribution in [0.2, 0.25) is 0 Å². The Balaban J connectivity index is 2.59. The lowest BCUT2D eigenvalue weighted by Gasteiger charge is -2.34. The number of carbonyl (C=O) groups is 2. The maximum Gasteiger partial charge on any atom is 0.219 e. The average Bonchev–Trinajstić information content (AvgIpc) is 2.26. The number of ether oxygens (including phenoxy) is 1. The molecule has 0 unspecified atom stereocenters. The largest absolute Gasteiger partial charge is 0.479 e. The van der Waals surface area contributed by atoms with Crippen molar-refractivity contribution in [1.82, 2.24) is 0 Å². The van der Waals surface area contributed by atoms with Crippen molar-refractivity contribution in [2.75, 3.05) is 12.4 Å². The van der Waals surface area contributed by atoms with Crippen molar-refractivity contribution in [3.8, 4) is 0 Å². The van der Waals surface area contributed by atoms with Crippen LogP contribution < -0.4 is 0 Å². The van der Waals surface area contributed by atoms with E-state index in [1.165, 1.54) is 11.8 Å². The quantitative estimate of drug-likeness (QED) is 0.582. The molecule has 96 valence electrons. The highest BCUT2D eigenvalue weighted by atomic mass is 32.2. The molecule has 0 spiro atoms. The zero-order chi connectivity index (χ0) is 12.9. The highest BCUT2D eigenvalue weighted by molar-refractivity contribution is 8.22. The number of hydrogen-bond acceptors (Lipinski definition) is 5. The molecular formula is C12H18O3S2. The zero-order valence-electron chi connectivity index (χ0n) is 10.3. The standard InChI is InChI=1S/C12H18O3S2/c1-3-12(8-17-11(16)15-4-2)6-9(13)5-10(14)7-12/h3-8H2,1-2H3. The molecule has 0 amide bonds. The SMILES string of the molecule is CCOC(=S)SCC1(CC)CC(=O)CC(=O)C1. The number of hydrogen-bond donors (Lipinski definition) is 0. The van der Waals surface area contributed by atoms with Crippen molar-refractivity contribution >= 4 is 39.9 Å². The summed E-state index contributed by atoms with van der Waals surface area (Å²) in [5.74, 6) is 0.817. The van der Waals surface area contributed by atoms with Gasteiger partial charge in [0.1, 0.15) is 11.6 Å². The van der Waals surface area contributed by atoms with E-state index >= 15 is 0 Å². The van der Waals surface area contributed by atoms with Crippen molar-refractivity contribution in [3.05, 3.63) is 0 Å². The van der Waals surface area contributed by atoms with Crippen molar-refractivity contribution in [2.24, 2.45) is 5.41 Å². The van der Waals surface area contributed by atoms with E-state index in [4.69, 9.17) is 17.0 Å². The normalized spacial score (nSPS) is 19.2. The van der Waals surface area contributed by atoms with Gasteiger partial charge < -0.3 is 4.74 Å². The van der Waals surface area contributed by atoms with Gasteiger partial charge in [-0.15, -0.1) is 0 Å². The second-order valence-corrected chi connectivity index (χ2v) is 6.01. The number of thioether (sulfide) groups is 1. The lowest BCUT2D eigenvalue weighted by Crippen LogP contribution is -2.35. The molecule has 1 rings (SSSR count). The van der Waals surface area contributed by atoms with Crippen molar-refractivity contribution in [1.29, 1.82) is 0 Å². The molecule has 1 fully saturated rings. The minimum atomic E-state index is -0.210. The average molecular weight is 274 g/mol. The molecular weight excluding hydrogens is 256 g/mol. The van der Waals surface area contributed by atoms with Gasteiger partial charge in [-0.1, -0.05) is 18.7 Å². The fraction of sp³-hybridized carbons (Fsp3) is 0.750. The molecule has 5 heteroatoms. The Labute approximate surface area is 112 Å². The molecule has 0 aromatic heterocycles. The summed E-state index contributed by atoms with van der Waals surface area (Å²) < 4.78 is 5.71. The Morgan fingerprint density at radius 1 is 1.35 bits per heavy atom. The Hall–Kier alpha value is -0.420. The van der Waals surface area contributed by atoms with Gasteiger partial charge in [0.15, 0.2) is 0 Å². The molecule has 0 aromatic carbocycles. The molecule has 0 aliphatic heterocycles. The third-order valence-electron chi connectivity index (χ3n) is 3.05. The summed E-state index contributed by atoms with van der Waals surface area (Å²) in [6.07, 6.45) is 1.93. The number of Topliss-reactive ketones (excluding diaryl/α,β-unsaturated/α-hetero) is 2. The Bertz CT molecular complexity index is 310. The first-order valence-electron chi connectivity index (χ1n) is 5.84. The number of ketones is 2. The summed E-state index contributed by atoms with van der Waals surface area (Å²) in [7, 11) is 0. The first kappa shape index (κ1) is 14.6. The maximum absolute atomic E-state index is 11.5. The van der Waals surface area contributed by atoms with E-state index in [1.807, 2.05) is 13.8 Å². The van der Waals surface area contributed by atoms with Gasteiger partial charge in [0.05, 0.1) is 13.0 Å². The summed E-state index contributed by atoms with van der Waals surface area (Å²) >= 11 is 6.49. The van der Waals surface area contributed by atoms with Crippen LogP contribution >= 0.6 is 24.0 Å².